The van der Waals surface area contributed by atoms with Gasteiger partial charge in [-0.3, -0.25) is 4.79 Å². The molecule has 0 unspecified atom stereocenters. The van der Waals surface area contributed by atoms with Crippen LogP contribution in [-0.4, -0.2) is 24.1 Å². The largest absolute Gasteiger partial charge is 0.423 e. The molecule has 178 valence electrons. The maximum Gasteiger partial charge on any atom is 0.343 e. The van der Waals surface area contributed by atoms with E-state index in [4.69, 9.17) is 9.47 Å². The van der Waals surface area contributed by atoms with Crippen molar-refractivity contribution in [1.29, 1.82) is 0 Å². The fraction of sp³-hybridized carbons (Fsp3) is 0.0345. The van der Waals surface area contributed by atoms with Gasteiger partial charge in [0.05, 0.1) is 23.8 Å². The van der Waals surface area contributed by atoms with E-state index in [-0.39, 0.29) is 23.8 Å². The Kier molecular flexibility index (Phi) is 7.96. The van der Waals surface area contributed by atoms with Gasteiger partial charge in [-0.2, -0.15) is 5.10 Å². The Balaban J connectivity index is 1.52. The maximum absolute atomic E-state index is 12.7. The van der Waals surface area contributed by atoms with E-state index < -0.39 is 11.9 Å². The zero-order chi connectivity index (χ0) is 25.2. The molecule has 1 amide bonds. The van der Waals surface area contributed by atoms with Crippen molar-refractivity contribution in [2.24, 2.45) is 5.10 Å². The van der Waals surface area contributed by atoms with E-state index in [2.05, 4.69) is 10.5 Å². The molecule has 4 aromatic rings. The lowest BCUT2D eigenvalue weighted by molar-refractivity contribution is -0.120. The Bertz CT molecular complexity index is 1370. The lowest BCUT2D eigenvalue weighted by Gasteiger charge is -2.10. The zero-order valence-electron chi connectivity index (χ0n) is 19.2. The molecule has 0 spiro atoms. The summed E-state index contributed by atoms with van der Waals surface area (Å²) >= 11 is 0. The van der Waals surface area contributed by atoms with Crippen molar-refractivity contribution in [1.82, 2.24) is 5.43 Å². The van der Waals surface area contributed by atoms with Gasteiger partial charge in [0.25, 0.3) is 0 Å². The lowest BCUT2D eigenvalue weighted by Crippen LogP contribution is -2.19. The van der Waals surface area contributed by atoms with E-state index in [1.54, 1.807) is 72.8 Å². The van der Waals surface area contributed by atoms with Crippen LogP contribution in [0.1, 0.15) is 31.8 Å². The molecule has 0 saturated heterocycles. The highest BCUT2D eigenvalue weighted by atomic mass is 16.5. The fourth-order valence-corrected chi connectivity index (χ4v) is 3.24. The molecular weight excluding hydrogens is 456 g/mol. The van der Waals surface area contributed by atoms with Crippen LogP contribution in [0.2, 0.25) is 0 Å². The Hall–Kier alpha value is -5.04. The highest BCUT2D eigenvalue weighted by molar-refractivity contribution is 5.94. The minimum Gasteiger partial charge on any atom is -0.423 e. The predicted molar refractivity (Wildman–Crippen MR) is 135 cm³/mol. The summed E-state index contributed by atoms with van der Waals surface area (Å²) in [6, 6.07) is 30.8. The minimum absolute atomic E-state index is 0.114. The summed E-state index contributed by atoms with van der Waals surface area (Å²) in [6.45, 7) is 0. The third-order valence-electron chi connectivity index (χ3n) is 5.02. The standard InChI is InChI=1S/C29H22N2O5/c32-27(18-21-10-4-1-5-11-21)31-30-20-24-16-17-25(35-28(33)22-12-6-2-7-13-22)19-26(24)36-29(34)23-14-8-3-9-15-23/h1-17,19-20H,18H2,(H,31,32)/b30-20-. The van der Waals surface area contributed by atoms with Crippen molar-refractivity contribution >= 4 is 24.1 Å². The molecule has 0 saturated carbocycles. The molecule has 7 heteroatoms. The first-order valence-electron chi connectivity index (χ1n) is 11.1. The number of hydrogen-bond acceptors (Lipinski definition) is 6. The molecule has 0 heterocycles. The molecular formula is C29H22N2O5. The molecule has 36 heavy (non-hydrogen) atoms. The summed E-state index contributed by atoms with van der Waals surface area (Å²) in [5, 5.41) is 3.99. The summed E-state index contributed by atoms with van der Waals surface area (Å²) in [6.07, 6.45) is 1.53. The SMILES string of the molecule is O=C(Cc1ccccc1)N/N=C\c1ccc(OC(=O)c2ccccc2)cc1OC(=O)c1ccccc1. The third-order valence-corrected chi connectivity index (χ3v) is 5.02. The van der Waals surface area contributed by atoms with Crippen LogP contribution in [0.15, 0.2) is 114 Å². The molecule has 0 atom stereocenters. The van der Waals surface area contributed by atoms with Crippen molar-refractivity contribution < 1.29 is 23.9 Å². The Labute approximate surface area is 208 Å². The van der Waals surface area contributed by atoms with E-state index in [0.717, 1.165) is 5.56 Å². The van der Waals surface area contributed by atoms with E-state index in [1.165, 1.54) is 12.3 Å². The maximum atomic E-state index is 12.7. The molecule has 1 N–H and O–H groups in total. The van der Waals surface area contributed by atoms with Gasteiger partial charge in [0.1, 0.15) is 11.5 Å². The number of hydrogen-bond donors (Lipinski definition) is 1. The van der Waals surface area contributed by atoms with E-state index in [0.29, 0.717) is 16.7 Å². The summed E-state index contributed by atoms with van der Waals surface area (Å²) in [5.41, 5.74) is 4.45. The van der Waals surface area contributed by atoms with Crippen LogP contribution < -0.4 is 14.9 Å². The number of ether oxygens (including phenoxy) is 2. The van der Waals surface area contributed by atoms with Gasteiger partial charge in [-0.1, -0.05) is 66.7 Å². The molecule has 4 aromatic carbocycles. The van der Waals surface area contributed by atoms with Gasteiger partial charge in [0.2, 0.25) is 5.91 Å². The number of amides is 1. The molecule has 0 aliphatic carbocycles. The quantitative estimate of drug-likeness (QED) is 0.170. The van der Waals surface area contributed by atoms with Gasteiger partial charge in [0.15, 0.2) is 0 Å². The number of carbonyl (C=O) groups is 3. The van der Waals surface area contributed by atoms with Gasteiger partial charge < -0.3 is 9.47 Å². The number of benzene rings is 4. The summed E-state index contributed by atoms with van der Waals surface area (Å²) in [5.74, 6) is -1.14. The van der Waals surface area contributed by atoms with E-state index in [1.807, 2.05) is 30.3 Å². The first-order chi connectivity index (χ1) is 17.6. The average Bonchev–Trinajstić information content (AvgIpc) is 2.91. The molecule has 0 bridgehead atoms. The number of nitrogens with zero attached hydrogens (tertiary/aromatic N) is 1. The van der Waals surface area contributed by atoms with E-state index >= 15 is 0 Å². The first kappa shape index (κ1) is 24.1. The van der Waals surface area contributed by atoms with Crippen LogP contribution in [0, 0.1) is 0 Å². The van der Waals surface area contributed by atoms with Crippen molar-refractivity contribution in [3.63, 3.8) is 0 Å². The number of esters is 2. The third kappa shape index (κ3) is 6.74. The number of hydrazone groups is 1. The van der Waals surface area contributed by atoms with Crippen molar-refractivity contribution in [2.75, 3.05) is 0 Å². The molecule has 0 aliphatic rings. The van der Waals surface area contributed by atoms with Crippen molar-refractivity contribution in [2.45, 2.75) is 6.42 Å². The van der Waals surface area contributed by atoms with Crippen molar-refractivity contribution in [3.8, 4) is 11.5 Å². The Morgan fingerprint density at radius 1 is 0.694 bits per heavy atom. The Morgan fingerprint density at radius 2 is 1.25 bits per heavy atom. The Morgan fingerprint density at radius 3 is 1.86 bits per heavy atom. The summed E-state index contributed by atoms with van der Waals surface area (Å²) < 4.78 is 11.0. The van der Waals surface area contributed by atoms with E-state index in [9.17, 15) is 14.4 Å². The number of rotatable bonds is 8. The van der Waals surface area contributed by atoms with Gasteiger partial charge in [0, 0.05) is 11.6 Å². The number of nitrogens with one attached hydrogen (secondary N) is 1. The predicted octanol–water partition coefficient (Wildman–Crippen LogP) is 4.82. The molecule has 7 nitrogen and oxygen atoms in total. The zero-order valence-corrected chi connectivity index (χ0v) is 19.2. The lowest BCUT2D eigenvalue weighted by atomic mass is 10.1. The van der Waals surface area contributed by atoms with Crippen LogP contribution in [0.4, 0.5) is 0 Å². The van der Waals surface area contributed by atoms with Crippen LogP contribution in [-0.2, 0) is 11.2 Å². The van der Waals surface area contributed by atoms with Gasteiger partial charge in [-0.05, 0) is 42.0 Å². The molecule has 0 radical (unpaired) electrons. The van der Waals surface area contributed by atoms with Crippen LogP contribution in [0.3, 0.4) is 0 Å². The van der Waals surface area contributed by atoms with Gasteiger partial charge in [-0.25, -0.2) is 15.0 Å². The second-order valence-corrected chi connectivity index (χ2v) is 7.67. The van der Waals surface area contributed by atoms with Crippen LogP contribution >= 0.6 is 0 Å². The van der Waals surface area contributed by atoms with Gasteiger partial charge in [-0.15, -0.1) is 0 Å². The summed E-state index contributed by atoms with van der Waals surface area (Å²) in [7, 11) is 0. The molecule has 0 aliphatic heterocycles. The van der Waals surface area contributed by atoms with Crippen LogP contribution in [0.5, 0.6) is 11.5 Å². The topological polar surface area (TPSA) is 94.1 Å². The molecule has 0 fully saturated rings. The first-order valence-corrected chi connectivity index (χ1v) is 11.1. The van der Waals surface area contributed by atoms with Crippen molar-refractivity contribution in [3.05, 3.63) is 131 Å². The highest BCUT2D eigenvalue weighted by Gasteiger charge is 2.14. The number of carbonyl (C=O) groups excluding carboxylic acids is 3. The average molecular weight is 479 g/mol. The second kappa shape index (κ2) is 11.9. The summed E-state index contributed by atoms with van der Waals surface area (Å²) in [4.78, 5) is 37.3. The molecule has 0 aromatic heterocycles. The minimum atomic E-state index is -0.593. The van der Waals surface area contributed by atoms with Crippen LogP contribution in [0.25, 0.3) is 0 Å². The highest BCUT2D eigenvalue weighted by Crippen LogP contribution is 2.25. The molecule has 4 rings (SSSR count). The fourth-order valence-electron chi connectivity index (χ4n) is 3.24. The van der Waals surface area contributed by atoms with Gasteiger partial charge >= 0.3 is 11.9 Å². The second-order valence-electron chi connectivity index (χ2n) is 7.67. The normalized spacial score (nSPS) is 10.6. The smallest absolute Gasteiger partial charge is 0.343 e. The monoisotopic (exact) mass is 478 g/mol.